The predicted octanol–water partition coefficient (Wildman–Crippen LogP) is 1.54. The molecule has 0 saturated carbocycles. The third-order valence-corrected chi connectivity index (χ3v) is 4.26. The van der Waals surface area contributed by atoms with Crippen LogP contribution in [0.2, 0.25) is 5.15 Å². The zero-order valence-corrected chi connectivity index (χ0v) is 13.3. The van der Waals surface area contributed by atoms with E-state index in [-0.39, 0.29) is 18.5 Å². The van der Waals surface area contributed by atoms with Gasteiger partial charge in [-0.15, -0.1) is 0 Å². The van der Waals surface area contributed by atoms with Gasteiger partial charge in [0.2, 0.25) is 0 Å². The predicted molar refractivity (Wildman–Crippen MR) is 88.4 cm³/mol. The maximum atomic E-state index is 12.0. The molecular formula is C17H18ClN3O2. The van der Waals surface area contributed by atoms with E-state index < -0.39 is 6.10 Å². The number of aromatic nitrogens is 1. The number of halogens is 1. The molecule has 0 fully saturated rings. The first kappa shape index (κ1) is 15.9. The van der Waals surface area contributed by atoms with Gasteiger partial charge in [0.1, 0.15) is 5.15 Å². The largest absolute Gasteiger partial charge is 0.390 e. The molecule has 1 aromatic carbocycles. The normalized spacial score (nSPS) is 18.1. The summed E-state index contributed by atoms with van der Waals surface area (Å²) < 4.78 is 0. The summed E-state index contributed by atoms with van der Waals surface area (Å²) in [6.45, 7) is 0.911. The van der Waals surface area contributed by atoms with E-state index in [9.17, 15) is 9.90 Å². The standard InChI is InChI=1S/C17H18ClN3O2/c18-16-6-5-13(9-20-16)17(23)21-10-15(22)14-7-11-3-1-2-4-12(11)8-19-14/h1-6,9,14-15,19,22H,7-8,10H2,(H,21,23)/t14-,15?/m0/s1. The molecule has 2 heterocycles. The van der Waals surface area contributed by atoms with Crippen LogP contribution >= 0.6 is 11.6 Å². The number of carbonyl (C=O) groups excluding carboxylic acids is 1. The van der Waals surface area contributed by atoms with Crippen molar-refractivity contribution in [2.45, 2.75) is 25.1 Å². The van der Waals surface area contributed by atoms with Gasteiger partial charge in [0.25, 0.3) is 5.91 Å². The molecule has 6 heteroatoms. The van der Waals surface area contributed by atoms with Crippen molar-refractivity contribution >= 4 is 17.5 Å². The minimum Gasteiger partial charge on any atom is -0.390 e. The van der Waals surface area contributed by atoms with Gasteiger partial charge in [-0.3, -0.25) is 4.79 Å². The molecule has 0 bridgehead atoms. The van der Waals surface area contributed by atoms with E-state index in [4.69, 9.17) is 11.6 Å². The second-order valence-corrected chi connectivity index (χ2v) is 5.99. The van der Waals surface area contributed by atoms with E-state index in [1.165, 1.54) is 17.3 Å². The van der Waals surface area contributed by atoms with Crippen LogP contribution in [-0.4, -0.2) is 34.7 Å². The average Bonchev–Trinajstić information content (AvgIpc) is 2.59. The van der Waals surface area contributed by atoms with Crippen LogP contribution in [0.5, 0.6) is 0 Å². The molecular weight excluding hydrogens is 314 g/mol. The van der Waals surface area contributed by atoms with Gasteiger partial charge in [-0.2, -0.15) is 0 Å². The molecule has 1 unspecified atom stereocenters. The van der Waals surface area contributed by atoms with E-state index in [0.29, 0.717) is 10.7 Å². The molecule has 1 aliphatic rings. The molecule has 5 nitrogen and oxygen atoms in total. The Morgan fingerprint density at radius 3 is 2.87 bits per heavy atom. The lowest BCUT2D eigenvalue weighted by Gasteiger charge is -2.30. The Kier molecular flexibility index (Phi) is 4.91. The molecule has 2 atom stereocenters. The van der Waals surface area contributed by atoms with Crippen molar-refractivity contribution in [1.82, 2.24) is 15.6 Å². The summed E-state index contributed by atoms with van der Waals surface area (Å²) in [7, 11) is 0. The maximum Gasteiger partial charge on any atom is 0.252 e. The number of hydrogen-bond acceptors (Lipinski definition) is 4. The number of hydrogen-bond donors (Lipinski definition) is 3. The third kappa shape index (κ3) is 3.88. The van der Waals surface area contributed by atoms with Crippen molar-refractivity contribution in [3.8, 4) is 0 Å². The summed E-state index contributed by atoms with van der Waals surface area (Å²) in [6.07, 6.45) is 1.50. The Morgan fingerprint density at radius 1 is 1.35 bits per heavy atom. The average molecular weight is 332 g/mol. The quantitative estimate of drug-likeness (QED) is 0.743. The second kappa shape index (κ2) is 7.08. The van der Waals surface area contributed by atoms with Crippen molar-refractivity contribution < 1.29 is 9.90 Å². The second-order valence-electron chi connectivity index (χ2n) is 5.61. The lowest BCUT2D eigenvalue weighted by molar-refractivity contribution is 0.0869. The van der Waals surface area contributed by atoms with Crippen molar-refractivity contribution in [1.29, 1.82) is 0 Å². The molecule has 0 spiro atoms. The smallest absolute Gasteiger partial charge is 0.252 e. The van der Waals surface area contributed by atoms with Crippen LogP contribution in [0.3, 0.4) is 0 Å². The minimum absolute atomic E-state index is 0.0754. The molecule has 2 aromatic rings. The summed E-state index contributed by atoms with van der Waals surface area (Å²) in [6, 6.07) is 11.3. The minimum atomic E-state index is -0.660. The highest BCUT2D eigenvalue weighted by atomic mass is 35.5. The Labute approximate surface area is 139 Å². The van der Waals surface area contributed by atoms with Crippen LogP contribution in [0.15, 0.2) is 42.6 Å². The van der Waals surface area contributed by atoms with Crippen molar-refractivity contribution in [2.75, 3.05) is 6.54 Å². The van der Waals surface area contributed by atoms with E-state index in [1.54, 1.807) is 12.1 Å². The lowest BCUT2D eigenvalue weighted by atomic mass is 9.93. The Balaban J connectivity index is 1.55. The Morgan fingerprint density at radius 2 is 2.13 bits per heavy atom. The number of nitrogens with one attached hydrogen (secondary N) is 2. The zero-order chi connectivity index (χ0) is 16.2. The summed E-state index contributed by atoms with van der Waals surface area (Å²) in [5.74, 6) is -0.274. The number of nitrogens with zero attached hydrogens (tertiary/aromatic N) is 1. The van der Waals surface area contributed by atoms with Gasteiger partial charge in [0.15, 0.2) is 0 Å². The van der Waals surface area contributed by atoms with Crippen molar-refractivity contribution in [3.63, 3.8) is 0 Å². The number of carbonyl (C=O) groups is 1. The fourth-order valence-corrected chi connectivity index (χ4v) is 2.81. The number of aliphatic hydroxyl groups excluding tert-OH is 1. The molecule has 120 valence electrons. The first-order chi connectivity index (χ1) is 11.1. The summed E-state index contributed by atoms with van der Waals surface area (Å²) >= 11 is 5.70. The van der Waals surface area contributed by atoms with Crippen LogP contribution < -0.4 is 10.6 Å². The van der Waals surface area contributed by atoms with E-state index in [0.717, 1.165) is 13.0 Å². The number of amides is 1. The number of benzene rings is 1. The molecule has 3 N–H and O–H groups in total. The fraction of sp³-hybridized carbons (Fsp3) is 0.294. The number of pyridine rings is 1. The topological polar surface area (TPSA) is 74.2 Å². The molecule has 0 aliphatic carbocycles. The molecule has 23 heavy (non-hydrogen) atoms. The highest BCUT2D eigenvalue weighted by Gasteiger charge is 2.24. The van der Waals surface area contributed by atoms with Gasteiger partial charge in [0.05, 0.1) is 11.7 Å². The number of rotatable bonds is 4. The highest BCUT2D eigenvalue weighted by Crippen LogP contribution is 2.17. The third-order valence-electron chi connectivity index (χ3n) is 4.04. The molecule has 1 amide bonds. The monoisotopic (exact) mass is 331 g/mol. The van der Waals surface area contributed by atoms with E-state index in [2.05, 4.69) is 27.8 Å². The Hall–Kier alpha value is -1.95. The summed E-state index contributed by atoms with van der Waals surface area (Å²) in [4.78, 5) is 15.9. The number of aliphatic hydroxyl groups is 1. The van der Waals surface area contributed by atoms with Crippen LogP contribution in [0, 0.1) is 0 Å². The molecule has 3 rings (SSSR count). The molecule has 1 aromatic heterocycles. The summed E-state index contributed by atoms with van der Waals surface area (Å²) in [5, 5.41) is 16.7. The van der Waals surface area contributed by atoms with Crippen LogP contribution in [0.1, 0.15) is 21.5 Å². The zero-order valence-electron chi connectivity index (χ0n) is 12.5. The van der Waals surface area contributed by atoms with Gasteiger partial charge >= 0.3 is 0 Å². The lowest BCUT2D eigenvalue weighted by Crippen LogP contribution is -2.49. The first-order valence-electron chi connectivity index (χ1n) is 7.51. The first-order valence-corrected chi connectivity index (χ1v) is 7.89. The van der Waals surface area contributed by atoms with Gasteiger partial charge in [0, 0.05) is 25.3 Å². The maximum absolute atomic E-state index is 12.0. The van der Waals surface area contributed by atoms with E-state index in [1.807, 2.05) is 12.1 Å². The van der Waals surface area contributed by atoms with E-state index >= 15 is 0 Å². The van der Waals surface area contributed by atoms with Crippen LogP contribution in [0.4, 0.5) is 0 Å². The van der Waals surface area contributed by atoms with Crippen LogP contribution in [-0.2, 0) is 13.0 Å². The Bertz CT molecular complexity index is 690. The SMILES string of the molecule is O=C(NCC(O)[C@@H]1Cc2ccccc2CN1)c1ccc(Cl)nc1. The number of fused-ring (bicyclic) bond motifs is 1. The van der Waals surface area contributed by atoms with Crippen molar-refractivity contribution in [3.05, 3.63) is 64.4 Å². The van der Waals surface area contributed by atoms with Gasteiger partial charge in [-0.05, 0) is 29.7 Å². The molecule has 0 radical (unpaired) electrons. The van der Waals surface area contributed by atoms with Gasteiger partial charge < -0.3 is 15.7 Å². The fourth-order valence-electron chi connectivity index (χ4n) is 2.70. The molecule has 0 saturated heterocycles. The van der Waals surface area contributed by atoms with Crippen LogP contribution in [0.25, 0.3) is 0 Å². The van der Waals surface area contributed by atoms with Gasteiger partial charge in [-0.25, -0.2) is 4.98 Å². The summed E-state index contributed by atoms with van der Waals surface area (Å²) in [5.41, 5.74) is 2.92. The molecule has 1 aliphatic heterocycles. The van der Waals surface area contributed by atoms with Crippen molar-refractivity contribution in [2.24, 2.45) is 0 Å². The highest BCUT2D eigenvalue weighted by molar-refractivity contribution is 6.29. The van der Waals surface area contributed by atoms with Gasteiger partial charge in [-0.1, -0.05) is 35.9 Å².